The summed E-state index contributed by atoms with van der Waals surface area (Å²) in [5.74, 6) is 0. The van der Waals surface area contributed by atoms with Gasteiger partial charge in [0, 0.05) is 48.5 Å². The average Bonchev–Trinajstić information content (AvgIpc) is 3.09. The molecule has 2 N–H and O–H groups in total. The zero-order chi connectivity index (χ0) is 20.8. The third kappa shape index (κ3) is 6.45. The minimum Gasteiger partial charge on any atom is -0.425 e. The highest BCUT2D eigenvalue weighted by Crippen LogP contribution is 2.16. The van der Waals surface area contributed by atoms with Gasteiger partial charge in [0.15, 0.2) is 0 Å². The van der Waals surface area contributed by atoms with Gasteiger partial charge in [-0.2, -0.15) is 4.73 Å². The maximum Gasteiger partial charge on any atom is 0.258 e. The number of rotatable bonds is 8. The Bertz CT molecular complexity index is 997. The van der Waals surface area contributed by atoms with E-state index >= 15 is 0 Å². The molecule has 0 saturated carbocycles. The number of aliphatic hydroxyl groups excluding tert-OH is 1. The van der Waals surface area contributed by atoms with Crippen molar-refractivity contribution in [3.05, 3.63) is 69.2 Å². The van der Waals surface area contributed by atoms with Crippen molar-refractivity contribution in [2.75, 3.05) is 20.6 Å². The Labute approximate surface area is 173 Å². The van der Waals surface area contributed by atoms with Crippen molar-refractivity contribution in [1.29, 1.82) is 0 Å². The lowest BCUT2D eigenvalue weighted by Crippen LogP contribution is -2.25. The molecule has 3 aromatic heterocycles. The molecular formula is C20H26N6O2S. The molecule has 0 saturated heterocycles. The summed E-state index contributed by atoms with van der Waals surface area (Å²) in [5, 5.41) is 21.3. The Morgan fingerprint density at radius 3 is 2.62 bits per heavy atom. The first kappa shape index (κ1) is 21.1. The first-order valence-corrected chi connectivity index (χ1v) is 10.2. The molecule has 0 aliphatic heterocycles. The number of aryl methyl sites for hydroxylation is 1. The summed E-state index contributed by atoms with van der Waals surface area (Å²) in [6.07, 6.45) is 7.25. The zero-order valence-corrected chi connectivity index (χ0v) is 17.7. The fourth-order valence-electron chi connectivity index (χ4n) is 2.77. The van der Waals surface area contributed by atoms with Crippen LogP contribution in [0.2, 0.25) is 0 Å². The third-order valence-electron chi connectivity index (χ3n) is 4.15. The van der Waals surface area contributed by atoms with Crippen LogP contribution in [0.5, 0.6) is 0 Å². The van der Waals surface area contributed by atoms with Gasteiger partial charge in [0.2, 0.25) is 0 Å². The van der Waals surface area contributed by atoms with Crippen LogP contribution in [-0.2, 0) is 19.4 Å². The highest BCUT2D eigenvalue weighted by Gasteiger charge is 2.10. The van der Waals surface area contributed by atoms with Gasteiger partial charge >= 0.3 is 0 Å². The van der Waals surface area contributed by atoms with Crippen LogP contribution in [0.25, 0.3) is 0 Å². The van der Waals surface area contributed by atoms with E-state index in [4.69, 9.17) is 0 Å². The molecule has 154 valence electrons. The highest BCUT2D eigenvalue weighted by atomic mass is 32.1. The molecule has 0 fully saturated rings. The number of hydrogen-bond donors (Lipinski definition) is 2. The van der Waals surface area contributed by atoms with Crippen LogP contribution in [0.1, 0.15) is 26.7 Å². The smallest absolute Gasteiger partial charge is 0.258 e. The minimum absolute atomic E-state index is 0.136. The van der Waals surface area contributed by atoms with Gasteiger partial charge in [-0.05, 0) is 38.2 Å². The number of pyridine rings is 1. The summed E-state index contributed by atoms with van der Waals surface area (Å²) < 4.78 is 0.891. The molecule has 3 rings (SSSR count). The lowest BCUT2D eigenvalue weighted by Gasteiger charge is -2.07. The molecule has 1 unspecified atom stereocenters. The van der Waals surface area contributed by atoms with E-state index in [1.54, 1.807) is 23.7 Å². The molecule has 0 aliphatic carbocycles. The summed E-state index contributed by atoms with van der Waals surface area (Å²) in [6.45, 7) is 2.91. The second-order valence-corrected chi connectivity index (χ2v) is 8.45. The Balaban J connectivity index is 1.59. The number of aliphatic hydroxyl groups is 1. The fourth-order valence-corrected chi connectivity index (χ4v) is 3.88. The van der Waals surface area contributed by atoms with Crippen LogP contribution < -0.4 is 5.62 Å². The molecule has 8 nitrogen and oxygen atoms in total. The molecule has 3 heterocycles. The van der Waals surface area contributed by atoms with Crippen molar-refractivity contribution in [2.24, 2.45) is 4.99 Å². The average molecular weight is 415 g/mol. The number of hydrogen-bond acceptors (Lipinski definition) is 8. The van der Waals surface area contributed by atoms with Crippen LogP contribution in [-0.4, -0.2) is 61.6 Å². The molecule has 0 aliphatic rings. The van der Waals surface area contributed by atoms with Gasteiger partial charge < -0.3 is 15.2 Å². The summed E-state index contributed by atoms with van der Waals surface area (Å²) in [4.78, 5) is 20.3. The molecule has 0 bridgehead atoms. The Kier molecular flexibility index (Phi) is 7.08. The third-order valence-corrected chi connectivity index (χ3v) is 5.15. The largest absolute Gasteiger partial charge is 0.425 e. The zero-order valence-electron chi connectivity index (χ0n) is 16.9. The molecular weight excluding hydrogens is 388 g/mol. The standard InChI is InChI=1S/C20H26N6O2S/c1-14-4-5-15(8-21-14)6-16-9-23-20(26(28)12-16)24-10-17(27)7-19-22-11-18(29-19)13-25(2)3/h4-5,8-9,11-12,17,27-28H,6-7,10,13H2,1-3H3. The molecule has 3 aromatic rings. The number of nitrogens with zero attached hydrogens (tertiary/aromatic N) is 6. The maximum atomic E-state index is 10.3. The quantitative estimate of drug-likeness (QED) is 0.541. The van der Waals surface area contributed by atoms with Gasteiger partial charge in [0.25, 0.3) is 5.62 Å². The number of thiazole rings is 1. The topological polar surface area (TPSA) is 99.7 Å². The van der Waals surface area contributed by atoms with E-state index in [1.807, 2.05) is 45.5 Å². The predicted octanol–water partition coefficient (Wildman–Crippen LogP) is 1.44. The molecule has 0 amide bonds. The highest BCUT2D eigenvalue weighted by molar-refractivity contribution is 7.11. The Hall–Kier alpha value is -2.62. The van der Waals surface area contributed by atoms with Crippen LogP contribution in [0.4, 0.5) is 0 Å². The maximum absolute atomic E-state index is 10.3. The minimum atomic E-state index is -0.687. The first-order valence-electron chi connectivity index (χ1n) is 9.34. The summed E-state index contributed by atoms with van der Waals surface area (Å²) >= 11 is 1.59. The summed E-state index contributed by atoms with van der Waals surface area (Å²) in [5.41, 5.74) is 2.99. The SMILES string of the molecule is Cc1ccc(Cc2cnc(=NCC(O)Cc3ncc(CN(C)C)s3)n(O)c2)cn1. The van der Waals surface area contributed by atoms with E-state index in [9.17, 15) is 10.3 Å². The van der Waals surface area contributed by atoms with Gasteiger partial charge in [-0.1, -0.05) is 6.07 Å². The monoisotopic (exact) mass is 414 g/mol. The van der Waals surface area contributed by atoms with Crippen LogP contribution in [0, 0.1) is 6.92 Å². The number of aromatic nitrogens is 4. The predicted molar refractivity (Wildman–Crippen MR) is 111 cm³/mol. The second-order valence-electron chi connectivity index (χ2n) is 7.25. The van der Waals surface area contributed by atoms with Gasteiger partial charge in [-0.25, -0.2) is 15.0 Å². The van der Waals surface area contributed by atoms with E-state index in [-0.39, 0.29) is 12.2 Å². The van der Waals surface area contributed by atoms with Gasteiger partial charge in [-0.3, -0.25) is 4.98 Å². The van der Waals surface area contributed by atoms with Gasteiger partial charge in [0.1, 0.15) is 0 Å². The van der Waals surface area contributed by atoms with Crippen LogP contribution in [0.15, 0.2) is 41.9 Å². The molecule has 0 spiro atoms. The van der Waals surface area contributed by atoms with E-state index in [2.05, 4.69) is 24.8 Å². The Morgan fingerprint density at radius 1 is 1.14 bits per heavy atom. The van der Waals surface area contributed by atoms with Crippen LogP contribution in [0.3, 0.4) is 0 Å². The van der Waals surface area contributed by atoms with Gasteiger partial charge in [-0.15, -0.1) is 11.3 Å². The Morgan fingerprint density at radius 2 is 1.93 bits per heavy atom. The van der Waals surface area contributed by atoms with Crippen molar-refractivity contribution in [1.82, 2.24) is 24.6 Å². The van der Waals surface area contributed by atoms with Crippen molar-refractivity contribution < 1.29 is 10.3 Å². The summed E-state index contributed by atoms with van der Waals surface area (Å²) in [6, 6.07) is 3.95. The lowest BCUT2D eigenvalue weighted by molar-refractivity contribution is 0.158. The normalized spacial score (nSPS) is 13.2. The lowest BCUT2D eigenvalue weighted by atomic mass is 10.1. The van der Waals surface area contributed by atoms with Crippen LogP contribution >= 0.6 is 11.3 Å². The summed E-state index contributed by atoms with van der Waals surface area (Å²) in [7, 11) is 4.01. The molecule has 0 aromatic carbocycles. The molecule has 1 atom stereocenters. The first-order chi connectivity index (χ1) is 13.9. The van der Waals surface area contributed by atoms with E-state index in [0.29, 0.717) is 12.8 Å². The molecule has 29 heavy (non-hydrogen) atoms. The second kappa shape index (κ2) is 9.73. The van der Waals surface area contributed by atoms with Gasteiger partial charge in [0.05, 0.1) is 23.9 Å². The van der Waals surface area contributed by atoms with Crippen molar-refractivity contribution in [3.63, 3.8) is 0 Å². The van der Waals surface area contributed by atoms with Crippen molar-refractivity contribution in [3.8, 4) is 0 Å². The van der Waals surface area contributed by atoms with Crippen molar-refractivity contribution in [2.45, 2.75) is 32.4 Å². The van der Waals surface area contributed by atoms with E-state index in [0.717, 1.165) is 38.0 Å². The van der Waals surface area contributed by atoms with E-state index in [1.165, 1.54) is 0 Å². The fraction of sp³-hybridized carbons (Fsp3) is 0.400. The molecule has 0 radical (unpaired) electrons. The van der Waals surface area contributed by atoms with E-state index < -0.39 is 6.10 Å². The van der Waals surface area contributed by atoms with Crippen molar-refractivity contribution >= 4 is 11.3 Å². The molecule has 9 heteroatoms.